The van der Waals surface area contributed by atoms with Gasteiger partial charge in [-0.1, -0.05) is 44.2 Å². The number of rotatable bonds is 4. The molecule has 3 heteroatoms. The van der Waals surface area contributed by atoms with E-state index in [0.29, 0.717) is 17.9 Å². The van der Waals surface area contributed by atoms with Gasteiger partial charge in [-0.25, -0.2) is 4.98 Å². The number of nitrogens with two attached hydrogens (primary N) is 1. The van der Waals surface area contributed by atoms with Gasteiger partial charge in [-0.3, -0.25) is 0 Å². The first-order chi connectivity index (χ1) is 9.18. The van der Waals surface area contributed by atoms with Crippen LogP contribution in [0.5, 0.6) is 0 Å². The van der Waals surface area contributed by atoms with E-state index < -0.39 is 0 Å². The van der Waals surface area contributed by atoms with Crippen LogP contribution < -0.4 is 5.73 Å². The molecule has 3 rings (SSSR count). The largest absolute Gasteiger partial charge is 0.329 e. The third-order valence-electron chi connectivity index (χ3n) is 4.10. The van der Waals surface area contributed by atoms with Crippen LogP contribution in [0.1, 0.15) is 49.5 Å². The summed E-state index contributed by atoms with van der Waals surface area (Å²) in [5.74, 6) is 1.05. The van der Waals surface area contributed by atoms with E-state index in [1.165, 1.54) is 17.7 Å². The third kappa shape index (κ3) is 2.30. The highest BCUT2D eigenvalue weighted by Crippen LogP contribution is 2.52. The van der Waals surface area contributed by atoms with Gasteiger partial charge < -0.3 is 10.3 Å². The molecule has 1 aromatic carbocycles. The van der Waals surface area contributed by atoms with Crippen LogP contribution in [0.25, 0.3) is 0 Å². The SMILES string of the molecule is CC(C)C(N)c1cncn1C1CC1c1ccccc1. The number of imidazole rings is 1. The zero-order valence-electron chi connectivity index (χ0n) is 11.5. The van der Waals surface area contributed by atoms with Gasteiger partial charge in [0, 0.05) is 24.2 Å². The lowest BCUT2D eigenvalue weighted by Gasteiger charge is -2.18. The Labute approximate surface area is 114 Å². The summed E-state index contributed by atoms with van der Waals surface area (Å²) in [5.41, 5.74) is 8.86. The Balaban J connectivity index is 1.81. The Bertz CT molecular complexity index is 544. The maximum absolute atomic E-state index is 6.27. The molecule has 0 radical (unpaired) electrons. The predicted octanol–water partition coefficient (Wildman–Crippen LogP) is 3.27. The van der Waals surface area contributed by atoms with Crippen molar-refractivity contribution in [1.29, 1.82) is 0 Å². The fourth-order valence-corrected chi connectivity index (χ4v) is 2.74. The van der Waals surface area contributed by atoms with Crippen molar-refractivity contribution in [2.75, 3.05) is 0 Å². The van der Waals surface area contributed by atoms with Crippen LogP contribution in [0, 0.1) is 5.92 Å². The second-order valence-corrected chi connectivity index (χ2v) is 5.82. The highest BCUT2D eigenvalue weighted by Gasteiger charge is 2.41. The highest BCUT2D eigenvalue weighted by molar-refractivity contribution is 5.28. The molecule has 0 bridgehead atoms. The van der Waals surface area contributed by atoms with Crippen molar-refractivity contribution in [2.24, 2.45) is 11.7 Å². The van der Waals surface area contributed by atoms with Crippen molar-refractivity contribution >= 4 is 0 Å². The molecule has 3 atom stereocenters. The summed E-state index contributed by atoms with van der Waals surface area (Å²) in [6.07, 6.45) is 5.05. The van der Waals surface area contributed by atoms with E-state index in [1.54, 1.807) is 0 Å². The molecule has 1 aliphatic rings. The van der Waals surface area contributed by atoms with Crippen molar-refractivity contribution in [3.05, 3.63) is 54.1 Å². The number of nitrogens with zero attached hydrogens (tertiary/aromatic N) is 2. The van der Waals surface area contributed by atoms with Crippen molar-refractivity contribution in [1.82, 2.24) is 9.55 Å². The van der Waals surface area contributed by atoms with Crippen LogP contribution in [-0.2, 0) is 0 Å². The van der Waals surface area contributed by atoms with Crippen LogP contribution >= 0.6 is 0 Å². The van der Waals surface area contributed by atoms with Gasteiger partial charge in [-0.05, 0) is 17.9 Å². The van der Waals surface area contributed by atoms with Gasteiger partial charge in [0.05, 0.1) is 12.0 Å². The standard InChI is InChI=1S/C16H21N3/c1-11(2)16(17)15-9-18-10-19(15)14-8-13(14)12-6-4-3-5-7-12/h3-7,9-11,13-14,16H,8,17H2,1-2H3. The minimum atomic E-state index is 0.0690. The molecule has 0 spiro atoms. The molecule has 2 N–H and O–H groups in total. The van der Waals surface area contributed by atoms with Gasteiger partial charge in [0.1, 0.15) is 0 Å². The number of benzene rings is 1. The molecule has 2 aromatic rings. The monoisotopic (exact) mass is 255 g/mol. The number of hydrogen-bond acceptors (Lipinski definition) is 2. The first kappa shape index (κ1) is 12.4. The predicted molar refractivity (Wildman–Crippen MR) is 76.8 cm³/mol. The minimum absolute atomic E-state index is 0.0690. The van der Waals surface area contributed by atoms with Crippen LogP contribution in [0.3, 0.4) is 0 Å². The molecule has 1 fully saturated rings. The molecule has 100 valence electrons. The fourth-order valence-electron chi connectivity index (χ4n) is 2.74. The topological polar surface area (TPSA) is 43.8 Å². The Morgan fingerprint density at radius 1 is 1.26 bits per heavy atom. The van der Waals surface area contributed by atoms with E-state index in [0.717, 1.165) is 0 Å². The van der Waals surface area contributed by atoms with E-state index >= 15 is 0 Å². The lowest BCUT2D eigenvalue weighted by atomic mass is 10.0. The van der Waals surface area contributed by atoms with Gasteiger partial charge in [0.2, 0.25) is 0 Å². The zero-order valence-corrected chi connectivity index (χ0v) is 11.5. The maximum Gasteiger partial charge on any atom is 0.0951 e. The zero-order chi connectivity index (χ0) is 13.4. The first-order valence-corrected chi connectivity index (χ1v) is 7.00. The molecule has 1 saturated carbocycles. The van der Waals surface area contributed by atoms with Crippen molar-refractivity contribution in [3.8, 4) is 0 Å². The van der Waals surface area contributed by atoms with Crippen molar-refractivity contribution in [3.63, 3.8) is 0 Å². The Morgan fingerprint density at radius 2 is 2.00 bits per heavy atom. The average Bonchev–Trinajstić information content (AvgIpc) is 3.08. The van der Waals surface area contributed by atoms with Gasteiger partial charge in [0.15, 0.2) is 0 Å². The van der Waals surface area contributed by atoms with Crippen LogP contribution in [0.4, 0.5) is 0 Å². The molecular weight excluding hydrogens is 234 g/mol. The smallest absolute Gasteiger partial charge is 0.0951 e. The Morgan fingerprint density at radius 3 is 2.68 bits per heavy atom. The molecule has 3 unspecified atom stereocenters. The molecule has 1 aliphatic carbocycles. The lowest BCUT2D eigenvalue weighted by Crippen LogP contribution is -2.20. The summed E-state index contributed by atoms with van der Waals surface area (Å²) in [7, 11) is 0. The third-order valence-corrected chi connectivity index (χ3v) is 4.10. The summed E-state index contributed by atoms with van der Waals surface area (Å²) in [4.78, 5) is 4.30. The van der Waals surface area contributed by atoms with Crippen LogP contribution in [0.15, 0.2) is 42.9 Å². The maximum atomic E-state index is 6.27. The summed E-state index contributed by atoms with van der Waals surface area (Å²) in [6.45, 7) is 4.31. The van der Waals surface area contributed by atoms with Crippen LogP contribution in [-0.4, -0.2) is 9.55 Å². The molecule has 1 heterocycles. The van der Waals surface area contributed by atoms with Gasteiger partial charge in [-0.2, -0.15) is 0 Å². The Kier molecular flexibility index (Phi) is 3.15. The molecule has 0 aliphatic heterocycles. The number of hydrogen-bond donors (Lipinski definition) is 1. The molecule has 0 saturated heterocycles. The van der Waals surface area contributed by atoms with Gasteiger partial charge in [-0.15, -0.1) is 0 Å². The average molecular weight is 255 g/mol. The quantitative estimate of drug-likeness (QED) is 0.911. The van der Waals surface area contributed by atoms with E-state index in [-0.39, 0.29) is 6.04 Å². The fraction of sp³-hybridized carbons (Fsp3) is 0.438. The molecular formula is C16H21N3. The second kappa shape index (κ2) is 4.82. The van der Waals surface area contributed by atoms with Gasteiger partial charge in [0.25, 0.3) is 0 Å². The van der Waals surface area contributed by atoms with E-state index in [2.05, 4.69) is 53.7 Å². The summed E-state index contributed by atoms with van der Waals surface area (Å²) >= 11 is 0. The highest BCUT2D eigenvalue weighted by atomic mass is 15.1. The van der Waals surface area contributed by atoms with E-state index in [4.69, 9.17) is 5.73 Å². The van der Waals surface area contributed by atoms with E-state index in [9.17, 15) is 0 Å². The summed E-state index contributed by atoms with van der Waals surface area (Å²) < 4.78 is 2.28. The van der Waals surface area contributed by atoms with Crippen molar-refractivity contribution in [2.45, 2.75) is 38.3 Å². The molecule has 1 aromatic heterocycles. The second-order valence-electron chi connectivity index (χ2n) is 5.82. The molecule has 19 heavy (non-hydrogen) atoms. The van der Waals surface area contributed by atoms with E-state index in [1.807, 2.05) is 12.5 Å². The van der Waals surface area contributed by atoms with Crippen molar-refractivity contribution < 1.29 is 0 Å². The number of aromatic nitrogens is 2. The Hall–Kier alpha value is -1.61. The summed E-state index contributed by atoms with van der Waals surface area (Å²) in [5, 5.41) is 0. The summed E-state index contributed by atoms with van der Waals surface area (Å²) in [6, 6.07) is 11.3. The first-order valence-electron chi connectivity index (χ1n) is 7.00. The molecule has 3 nitrogen and oxygen atoms in total. The minimum Gasteiger partial charge on any atom is -0.329 e. The molecule has 0 amide bonds. The van der Waals surface area contributed by atoms with Gasteiger partial charge >= 0.3 is 0 Å². The van der Waals surface area contributed by atoms with Crippen LogP contribution in [0.2, 0.25) is 0 Å². The normalized spacial score (nSPS) is 23.6. The lowest BCUT2D eigenvalue weighted by molar-refractivity contribution is 0.478.